The highest BCUT2D eigenvalue weighted by molar-refractivity contribution is 8.00. The van der Waals surface area contributed by atoms with Crippen LogP contribution in [0.4, 0.5) is 24.0 Å². The third kappa shape index (κ3) is 6.43. The fourth-order valence-corrected chi connectivity index (χ4v) is 8.55. The molecule has 2 amide bonds. The molecule has 3 aliphatic rings. The Morgan fingerprint density at radius 2 is 1.96 bits per heavy atom. The van der Waals surface area contributed by atoms with Gasteiger partial charge in [-0.1, -0.05) is 5.16 Å². The molecule has 0 aliphatic carbocycles. The Balaban J connectivity index is 1.19. The molecule has 0 unspecified atom stereocenters. The van der Waals surface area contributed by atoms with E-state index in [1.165, 1.54) is 29.2 Å². The zero-order valence-corrected chi connectivity index (χ0v) is 29.2. The van der Waals surface area contributed by atoms with Crippen LogP contribution >= 0.6 is 23.1 Å². The van der Waals surface area contributed by atoms with Crippen molar-refractivity contribution in [1.82, 2.24) is 19.8 Å². The lowest BCUT2D eigenvalue weighted by molar-refractivity contribution is -0.905. The van der Waals surface area contributed by atoms with Gasteiger partial charge in [-0.25, -0.2) is 22.9 Å². The average Bonchev–Trinajstić information content (AvgIpc) is 3.53. The smallest absolute Gasteiger partial charge is 0.341 e. The summed E-state index contributed by atoms with van der Waals surface area (Å²) in [5.41, 5.74) is 2.94. The summed E-state index contributed by atoms with van der Waals surface area (Å²) in [7, 11) is 3.06. The lowest BCUT2D eigenvalue weighted by atomic mass is 10.0. The molecule has 21 heteroatoms. The summed E-state index contributed by atoms with van der Waals surface area (Å²) < 4.78 is 46.1. The quantitative estimate of drug-likeness (QED) is 0.0995. The minimum atomic E-state index is -1.62. The first-order chi connectivity index (χ1) is 24.7. The van der Waals surface area contributed by atoms with E-state index in [0.29, 0.717) is 5.57 Å². The summed E-state index contributed by atoms with van der Waals surface area (Å²) in [5, 5.41) is 28.5. The van der Waals surface area contributed by atoms with Crippen molar-refractivity contribution in [3.8, 4) is 0 Å². The number of halogens is 3. The standard InChI is InChI=1S/C31H31F3N8O8S2/c1-42(7-5-39(6-8-42)24-17(33)9-15-23(19(24)34)40(4-3-32)10-16(25(15)43)29(46)47)11-14-12-51-28-21(27(45)41(28)22(14)30(48)49)37-26(44)20(38-50-2)18-13-52-31(35)36-18/h9-10,13,21,28H,3-8,11-12H2,1-2H3,(H4-,35,36,37,44,46,47,48,49)/b38-20-/t21-,28-/m1/s1. The molecule has 3 aromatic rings. The molecular formula is C31H31F3N8O8S2. The van der Waals surface area contributed by atoms with Crippen LogP contribution in [0.5, 0.6) is 0 Å². The van der Waals surface area contributed by atoms with Gasteiger partial charge in [-0.3, -0.25) is 19.3 Å². The van der Waals surface area contributed by atoms with E-state index in [9.17, 15) is 38.6 Å². The number of aromatic nitrogens is 2. The number of anilines is 2. The number of nitrogens with one attached hydrogen (secondary N) is 1. The number of aryl methyl sites for hydroxylation is 1. The van der Waals surface area contributed by atoms with Gasteiger partial charge in [-0.05, 0) is 6.07 Å². The second-order valence-corrected chi connectivity index (χ2v) is 14.5. The van der Waals surface area contributed by atoms with Gasteiger partial charge < -0.3 is 44.8 Å². The van der Waals surface area contributed by atoms with Crippen LogP contribution in [0.25, 0.3) is 10.9 Å². The van der Waals surface area contributed by atoms with Crippen molar-refractivity contribution in [3.63, 3.8) is 0 Å². The van der Waals surface area contributed by atoms with Crippen LogP contribution in [-0.2, 0) is 25.8 Å². The van der Waals surface area contributed by atoms with Crippen LogP contribution < -0.4 is 26.5 Å². The molecule has 0 bridgehead atoms. The maximum absolute atomic E-state index is 16.0. The van der Waals surface area contributed by atoms with Crippen LogP contribution in [0.15, 0.2) is 38.9 Å². The van der Waals surface area contributed by atoms with Crippen molar-refractivity contribution in [2.75, 3.05) is 69.9 Å². The predicted octanol–water partition coefficient (Wildman–Crippen LogP) is -0.293. The van der Waals surface area contributed by atoms with Crippen molar-refractivity contribution in [3.05, 3.63) is 62.0 Å². The van der Waals surface area contributed by atoms with Crippen LogP contribution in [0.1, 0.15) is 16.1 Å². The summed E-state index contributed by atoms with van der Waals surface area (Å²) in [4.78, 5) is 74.4. The summed E-state index contributed by atoms with van der Waals surface area (Å²) in [5.74, 6) is -6.70. The summed E-state index contributed by atoms with van der Waals surface area (Å²) in [6.07, 6.45) is 0.835. The highest BCUT2D eigenvalue weighted by Crippen LogP contribution is 2.41. The molecule has 0 saturated carbocycles. The van der Waals surface area contributed by atoms with Gasteiger partial charge in [0.05, 0.1) is 62.3 Å². The molecule has 3 aliphatic heterocycles. The zero-order valence-electron chi connectivity index (χ0n) is 27.6. The van der Waals surface area contributed by atoms with Gasteiger partial charge in [0.2, 0.25) is 5.43 Å². The van der Waals surface area contributed by atoms with E-state index >= 15 is 8.78 Å². The summed E-state index contributed by atoms with van der Waals surface area (Å²) in [6.45, 7) is -0.583. The number of β-lactam (4-membered cyclic amide) rings is 1. The number of piperazine rings is 1. The number of quaternary nitrogens is 1. The number of alkyl halides is 1. The van der Waals surface area contributed by atoms with Crippen molar-refractivity contribution >= 4 is 74.3 Å². The fraction of sp³-hybridized carbons (Fsp3) is 0.387. The average molecular weight is 765 g/mol. The minimum Gasteiger partial charge on any atom is -0.543 e. The Bertz CT molecular complexity index is 2130. The number of thioether (sulfide) groups is 1. The molecule has 0 spiro atoms. The maximum atomic E-state index is 16.0. The fourth-order valence-electron chi connectivity index (χ4n) is 6.67. The SMILES string of the molecule is CO/N=C(\C(=O)N[C@@H]1C(=O)N2C(C(=O)[O-])=C(C[N+]3(C)CCN(c4c(F)cc5c(=O)c(C(=O)O)cn(CCF)c5c4F)CC3)CS[C@H]12)c1csc(N)n1. The molecule has 1 aromatic carbocycles. The Hall–Kier alpha value is -5.15. The molecule has 4 N–H and O–H groups in total. The van der Waals surface area contributed by atoms with Crippen LogP contribution in [0.3, 0.4) is 0 Å². The number of rotatable bonds is 11. The molecule has 0 radical (unpaired) electrons. The van der Waals surface area contributed by atoms with E-state index in [0.717, 1.165) is 33.1 Å². The van der Waals surface area contributed by atoms with E-state index in [1.54, 1.807) is 0 Å². The number of aliphatic carboxylic acids is 1. The monoisotopic (exact) mass is 764 g/mol. The highest BCUT2D eigenvalue weighted by Gasteiger charge is 2.54. The predicted molar refractivity (Wildman–Crippen MR) is 181 cm³/mol. The molecule has 16 nitrogen and oxygen atoms in total. The number of pyridine rings is 1. The molecule has 52 heavy (non-hydrogen) atoms. The second kappa shape index (κ2) is 14.1. The molecule has 2 aromatic heterocycles. The molecule has 5 heterocycles. The lowest BCUT2D eigenvalue weighted by Gasteiger charge is -2.51. The van der Waals surface area contributed by atoms with E-state index in [-0.39, 0.29) is 65.2 Å². The van der Waals surface area contributed by atoms with Gasteiger partial charge in [0.15, 0.2) is 16.7 Å². The lowest BCUT2D eigenvalue weighted by Crippen LogP contribution is -2.72. The van der Waals surface area contributed by atoms with Gasteiger partial charge in [0.1, 0.15) is 54.5 Å². The van der Waals surface area contributed by atoms with Gasteiger partial charge in [-0.15, -0.1) is 23.1 Å². The molecule has 276 valence electrons. The number of aromatic carboxylic acids is 1. The largest absolute Gasteiger partial charge is 0.543 e. The van der Waals surface area contributed by atoms with Crippen molar-refractivity contribution in [2.24, 2.45) is 5.16 Å². The van der Waals surface area contributed by atoms with E-state index in [4.69, 9.17) is 10.6 Å². The van der Waals surface area contributed by atoms with Gasteiger partial charge in [0, 0.05) is 22.9 Å². The molecule has 2 saturated heterocycles. The minimum absolute atomic E-state index is 0.0901. The van der Waals surface area contributed by atoms with Gasteiger partial charge in [-0.2, -0.15) is 0 Å². The van der Waals surface area contributed by atoms with Crippen LogP contribution in [0.2, 0.25) is 0 Å². The van der Waals surface area contributed by atoms with E-state index in [1.807, 2.05) is 7.05 Å². The Morgan fingerprint density at radius 3 is 2.56 bits per heavy atom. The number of nitrogens with two attached hydrogens (primary N) is 1. The number of carbonyl (C=O) groups is 4. The Labute approximate surface area is 300 Å². The second-order valence-electron chi connectivity index (χ2n) is 12.5. The number of nitrogens with zero attached hydrogens (tertiary/aromatic N) is 6. The number of benzene rings is 1. The Kier molecular flexibility index (Phi) is 9.94. The number of amides is 2. The normalized spacial score (nSPS) is 20.1. The van der Waals surface area contributed by atoms with Crippen LogP contribution in [0, 0.1) is 11.6 Å². The molecule has 2 fully saturated rings. The summed E-state index contributed by atoms with van der Waals surface area (Å²) >= 11 is 2.32. The topological polar surface area (TPSA) is 213 Å². The van der Waals surface area contributed by atoms with Crippen LogP contribution in [-0.4, -0.2) is 124 Å². The number of hydrogen-bond donors (Lipinski definition) is 3. The van der Waals surface area contributed by atoms with E-state index < -0.39 is 87.6 Å². The number of likely N-dealkylation sites (N-methyl/N-ethyl adjacent to an activating group) is 1. The van der Waals surface area contributed by atoms with E-state index in [2.05, 4.69) is 15.5 Å². The number of carboxylic acid groups (broad SMARTS) is 2. The number of hydrogen-bond acceptors (Lipinski definition) is 13. The first-order valence-electron chi connectivity index (χ1n) is 15.6. The Morgan fingerprint density at radius 1 is 1.25 bits per heavy atom. The van der Waals surface area contributed by atoms with Crippen molar-refractivity contribution in [2.45, 2.75) is 18.0 Å². The zero-order chi connectivity index (χ0) is 37.6. The summed E-state index contributed by atoms with van der Waals surface area (Å²) in [6, 6.07) is -0.324. The first-order valence-corrected chi connectivity index (χ1v) is 17.6. The number of thiazole rings is 1. The number of carbonyl (C=O) groups excluding carboxylic acids is 3. The third-order valence-corrected chi connectivity index (χ3v) is 11.2. The number of oxime groups is 1. The number of fused-ring (bicyclic) bond motifs is 2. The third-order valence-electron chi connectivity index (χ3n) is 9.18. The van der Waals surface area contributed by atoms with Gasteiger partial charge in [0.25, 0.3) is 11.8 Å². The maximum Gasteiger partial charge on any atom is 0.341 e. The molecule has 6 rings (SSSR count). The first kappa shape index (κ1) is 36.6. The highest BCUT2D eigenvalue weighted by atomic mass is 32.2. The molecule has 2 atom stereocenters. The van der Waals surface area contributed by atoms with Gasteiger partial charge >= 0.3 is 5.97 Å². The molecular weight excluding hydrogens is 734 g/mol. The van der Waals surface area contributed by atoms with Crippen molar-refractivity contribution in [1.29, 1.82) is 0 Å². The number of nitrogen functional groups attached to an aromatic ring is 1. The van der Waals surface area contributed by atoms with Crippen molar-refractivity contribution < 1.29 is 51.9 Å². The number of carboxylic acids is 2.